The Balaban J connectivity index is 4.56. The van der Waals surface area contributed by atoms with Crippen molar-refractivity contribution in [3.63, 3.8) is 0 Å². The molecule has 2 unspecified atom stereocenters. The molecule has 0 aromatic rings. The number of carboxylic acid groups (broad SMARTS) is 2. The molecule has 0 saturated carbocycles. The maximum Gasteiger partial charge on any atom is 0.307 e. The molecular weight excluding hydrogens is 237 g/mol. The van der Waals surface area contributed by atoms with Crippen LogP contribution in [0, 0.1) is 5.92 Å². The van der Waals surface area contributed by atoms with Crippen molar-refractivity contribution < 1.29 is 29.3 Å². The summed E-state index contributed by atoms with van der Waals surface area (Å²) >= 11 is 0. The van der Waals surface area contributed by atoms with Crippen LogP contribution >= 0.6 is 7.37 Å². The van der Waals surface area contributed by atoms with Crippen molar-refractivity contribution in [2.24, 2.45) is 5.92 Å². The molecule has 0 radical (unpaired) electrons. The fourth-order valence-corrected chi connectivity index (χ4v) is 3.26. The van der Waals surface area contributed by atoms with E-state index in [9.17, 15) is 19.0 Å². The highest BCUT2D eigenvalue weighted by Gasteiger charge is 2.30. The van der Waals surface area contributed by atoms with Gasteiger partial charge in [0.1, 0.15) is 0 Å². The highest BCUT2D eigenvalue weighted by Crippen LogP contribution is 2.43. The molecule has 7 nitrogen and oxygen atoms in total. The zero-order valence-corrected chi connectivity index (χ0v) is 10.1. The second-order valence-electron chi connectivity index (χ2n) is 3.88. The van der Waals surface area contributed by atoms with E-state index in [4.69, 9.17) is 10.2 Å². The maximum atomic E-state index is 11.6. The number of carbonyl (C=O) groups is 2. The molecular formula is C8H16NO6P. The van der Waals surface area contributed by atoms with Crippen LogP contribution in [0.5, 0.6) is 0 Å². The molecule has 0 aliphatic heterocycles. The van der Waals surface area contributed by atoms with Crippen LogP contribution in [0.4, 0.5) is 0 Å². The second kappa shape index (κ2) is 5.98. The minimum Gasteiger partial charge on any atom is -0.481 e. The number of hydrogen-bond donors (Lipinski definition) is 3. The monoisotopic (exact) mass is 253 g/mol. The van der Waals surface area contributed by atoms with Crippen LogP contribution in [-0.4, -0.2) is 58.5 Å². The van der Waals surface area contributed by atoms with E-state index < -0.39 is 37.8 Å². The SMILES string of the molecule is CN(C)CP(=O)(O)CC(CC(=O)O)C(=O)O. The van der Waals surface area contributed by atoms with Gasteiger partial charge in [-0.3, -0.25) is 14.2 Å². The van der Waals surface area contributed by atoms with Gasteiger partial charge in [0.2, 0.25) is 7.37 Å². The molecule has 0 aliphatic carbocycles. The summed E-state index contributed by atoms with van der Waals surface area (Å²) in [6.07, 6.45) is -1.32. The minimum atomic E-state index is -3.63. The van der Waals surface area contributed by atoms with Crippen molar-refractivity contribution in [3.8, 4) is 0 Å². The first-order chi connectivity index (χ1) is 7.14. The Morgan fingerprint density at radius 2 is 1.81 bits per heavy atom. The largest absolute Gasteiger partial charge is 0.481 e. The first-order valence-electron chi connectivity index (χ1n) is 4.54. The number of aliphatic carboxylic acids is 2. The lowest BCUT2D eigenvalue weighted by atomic mass is 10.1. The van der Waals surface area contributed by atoms with Crippen LogP contribution in [0.2, 0.25) is 0 Å². The molecule has 0 heterocycles. The van der Waals surface area contributed by atoms with Gasteiger partial charge in [-0.2, -0.15) is 0 Å². The van der Waals surface area contributed by atoms with Gasteiger partial charge in [-0.05, 0) is 14.1 Å². The normalized spacial score (nSPS) is 16.8. The van der Waals surface area contributed by atoms with E-state index in [0.29, 0.717) is 0 Å². The summed E-state index contributed by atoms with van der Waals surface area (Å²) in [5, 5.41) is 17.2. The summed E-state index contributed by atoms with van der Waals surface area (Å²) in [7, 11) is -0.475. The Morgan fingerprint density at radius 1 is 1.31 bits per heavy atom. The van der Waals surface area contributed by atoms with Crippen molar-refractivity contribution >= 4 is 19.3 Å². The van der Waals surface area contributed by atoms with Crippen LogP contribution in [-0.2, 0) is 14.2 Å². The molecule has 0 rings (SSSR count). The molecule has 3 N–H and O–H groups in total. The Hall–Kier alpha value is -0.910. The molecule has 0 aromatic heterocycles. The van der Waals surface area contributed by atoms with Gasteiger partial charge in [0.25, 0.3) is 0 Å². The van der Waals surface area contributed by atoms with Crippen molar-refractivity contribution in [3.05, 3.63) is 0 Å². The maximum absolute atomic E-state index is 11.6. The van der Waals surface area contributed by atoms with Gasteiger partial charge in [0.05, 0.1) is 18.6 Å². The topological polar surface area (TPSA) is 115 Å². The smallest absolute Gasteiger partial charge is 0.307 e. The van der Waals surface area contributed by atoms with Gasteiger partial charge in [0, 0.05) is 6.16 Å². The van der Waals surface area contributed by atoms with E-state index >= 15 is 0 Å². The van der Waals surface area contributed by atoms with E-state index in [0.717, 1.165) is 0 Å². The number of nitrogens with zero attached hydrogens (tertiary/aromatic N) is 1. The van der Waals surface area contributed by atoms with Crippen LogP contribution in [0.1, 0.15) is 6.42 Å². The highest BCUT2D eigenvalue weighted by atomic mass is 31.2. The lowest BCUT2D eigenvalue weighted by Gasteiger charge is -2.19. The van der Waals surface area contributed by atoms with Gasteiger partial charge in [-0.15, -0.1) is 0 Å². The fraction of sp³-hybridized carbons (Fsp3) is 0.750. The molecule has 0 bridgehead atoms. The number of rotatable bonds is 7. The second-order valence-corrected chi connectivity index (χ2v) is 6.22. The van der Waals surface area contributed by atoms with Crippen LogP contribution in [0.25, 0.3) is 0 Å². The summed E-state index contributed by atoms with van der Waals surface area (Å²) in [4.78, 5) is 32.0. The molecule has 94 valence electrons. The zero-order valence-electron chi connectivity index (χ0n) is 9.16. The molecule has 0 spiro atoms. The Kier molecular flexibility index (Phi) is 5.64. The first kappa shape index (κ1) is 15.1. The van der Waals surface area contributed by atoms with E-state index in [1.165, 1.54) is 4.90 Å². The standard InChI is InChI=1S/C8H16NO6P/c1-9(2)5-16(14,15)4-6(8(12)13)3-7(10)11/h6H,3-5H2,1-2H3,(H,10,11)(H,12,13)(H,14,15). The van der Waals surface area contributed by atoms with E-state index in [1.807, 2.05) is 0 Å². The zero-order chi connectivity index (χ0) is 12.9. The van der Waals surface area contributed by atoms with Crippen LogP contribution in [0.15, 0.2) is 0 Å². The highest BCUT2D eigenvalue weighted by molar-refractivity contribution is 7.57. The average molecular weight is 253 g/mol. The molecule has 2 atom stereocenters. The lowest BCUT2D eigenvalue weighted by Crippen LogP contribution is -2.24. The summed E-state index contributed by atoms with van der Waals surface area (Å²) < 4.78 is 11.6. The lowest BCUT2D eigenvalue weighted by molar-refractivity contribution is -0.147. The summed E-state index contributed by atoms with van der Waals surface area (Å²) in [5.41, 5.74) is 0. The Labute approximate surface area is 93.1 Å². The summed E-state index contributed by atoms with van der Waals surface area (Å²) in [5.74, 6) is -3.99. The molecule has 0 aromatic carbocycles. The molecule has 0 aliphatic rings. The molecule has 16 heavy (non-hydrogen) atoms. The number of carboxylic acids is 2. The van der Waals surface area contributed by atoms with Crippen LogP contribution in [0.3, 0.4) is 0 Å². The minimum absolute atomic E-state index is 0.156. The predicted octanol–water partition coefficient (Wildman–Crippen LogP) is -0.0486. The third kappa shape index (κ3) is 6.55. The third-order valence-corrected chi connectivity index (χ3v) is 3.80. The van der Waals surface area contributed by atoms with Gasteiger partial charge in [-0.1, -0.05) is 0 Å². The van der Waals surface area contributed by atoms with E-state index in [1.54, 1.807) is 14.1 Å². The summed E-state index contributed by atoms with van der Waals surface area (Å²) in [6.45, 7) is 0. The first-order valence-corrected chi connectivity index (χ1v) is 6.57. The van der Waals surface area contributed by atoms with Gasteiger partial charge >= 0.3 is 11.9 Å². The number of hydrogen-bond acceptors (Lipinski definition) is 4. The average Bonchev–Trinajstić information content (AvgIpc) is 1.98. The van der Waals surface area contributed by atoms with Crippen molar-refractivity contribution in [2.45, 2.75) is 6.42 Å². The Morgan fingerprint density at radius 3 is 2.12 bits per heavy atom. The van der Waals surface area contributed by atoms with E-state index in [-0.39, 0.29) is 6.29 Å². The molecule has 8 heteroatoms. The van der Waals surface area contributed by atoms with Crippen molar-refractivity contribution in [1.82, 2.24) is 4.90 Å². The molecule has 0 fully saturated rings. The quantitative estimate of drug-likeness (QED) is 0.545. The fourth-order valence-electron chi connectivity index (χ4n) is 1.28. The van der Waals surface area contributed by atoms with Crippen molar-refractivity contribution in [1.29, 1.82) is 0 Å². The van der Waals surface area contributed by atoms with Gasteiger partial charge in [-0.25, -0.2) is 0 Å². The van der Waals surface area contributed by atoms with E-state index in [2.05, 4.69) is 0 Å². The summed E-state index contributed by atoms with van der Waals surface area (Å²) in [6, 6.07) is 0. The third-order valence-electron chi connectivity index (χ3n) is 1.78. The molecule has 0 saturated heterocycles. The van der Waals surface area contributed by atoms with Crippen LogP contribution < -0.4 is 0 Å². The Bertz CT molecular complexity index is 316. The molecule has 0 amide bonds. The predicted molar refractivity (Wildman–Crippen MR) is 56.6 cm³/mol. The van der Waals surface area contributed by atoms with Crippen molar-refractivity contribution in [2.75, 3.05) is 26.5 Å². The van der Waals surface area contributed by atoms with Gasteiger partial charge < -0.3 is 20.0 Å². The van der Waals surface area contributed by atoms with Gasteiger partial charge in [0.15, 0.2) is 0 Å².